The van der Waals surface area contributed by atoms with Crippen molar-refractivity contribution in [3.8, 4) is 0 Å². The molecule has 0 aliphatic heterocycles. The topological polar surface area (TPSA) is 50.4 Å². The summed E-state index contributed by atoms with van der Waals surface area (Å²) in [4.78, 5) is 11.6. The molecule has 1 unspecified atom stereocenters. The largest absolute Gasteiger partial charge is 0.383 e. The highest BCUT2D eigenvalue weighted by Gasteiger charge is 2.09. The van der Waals surface area contributed by atoms with Crippen LogP contribution in [0.15, 0.2) is 16.6 Å². The third-order valence-corrected chi connectivity index (χ3v) is 3.14. The Balaban J connectivity index is 2.53. The van der Waals surface area contributed by atoms with Crippen molar-refractivity contribution >= 4 is 27.5 Å². The van der Waals surface area contributed by atoms with Crippen molar-refractivity contribution < 1.29 is 13.9 Å². The van der Waals surface area contributed by atoms with Gasteiger partial charge in [0.1, 0.15) is 5.82 Å². The molecule has 19 heavy (non-hydrogen) atoms. The molecule has 1 aromatic carbocycles. The minimum atomic E-state index is -0.360. The molecule has 0 saturated carbocycles. The molecule has 1 amide bonds. The van der Waals surface area contributed by atoms with Crippen molar-refractivity contribution in [1.82, 2.24) is 5.32 Å². The van der Waals surface area contributed by atoms with Gasteiger partial charge in [-0.15, -0.1) is 0 Å². The van der Waals surface area contributed by atoms with Crippen LogP contribution >= 0.6 is 15.9 Å². The zero-order valence-corrected chi connectivity index (χ0v) is 12.8. The fourth-order valence-electron chi connectivity index (χ4n) is 1.63. The van der Waals surface area contributed by atoms with Crippen LogP contribution in [0.25, 0.3) is 0 Å². The maximum atomic E-state index is 13.4. The molecule has 0 saturated heterocycles. The number of rotatable bonds is 6. The van der Waals surface area contributed by atoms with E-state index in [4.69, 9.17) is 4.74 Å². The Labute approximate surface area is 120 Å². The van der Waals surface area contributed by atoms with Gasteiger partial charge in [0.2, 0.25) is 5.91 Å². The quantitative estimate of drug-likeness (QED) is 0.841. The average molecular weight is 333 g/mol. The Hall–Kier alpha value is -1.14. The van der Waals surface area contributed by atoms with Gasteiger partial charge in [-0.1, -0.05) is 0 Å². The number of halogens is 2. The lowest BCUT2D eigenvalue weighted by Gasteiger charge is -2.14. The van der Waals surface area contributed by atoms with Crippen molar-refractivity contribution in [1.29, 1.82) is 0 Å². The van der Waals surface area contributed by atoms with Gasteiger partial charge in [0, 0.05) is 18.8 Å². The number of anilines is 1. The first-order valence-electron chi connectivity index (χ1n) is 5.92. The zero-order valence-electron chi connectivity index (χ0n) is 11.2. The van der Waals surface area contributed by atoms with E-state index in [1.165, 1.54) is 6.07 Å². The van der Waals surface area contributed by atoms with Crippen LogP contribution < -0.4 is 10.6 Å². The van der Waals surface area contributed by atoms with Gasteiger partial charge in [-0.2, -0.15) is 0 Å². The maximum absolute atomic E-state index is 13.4. The molecule has 0 fully saturated rings. The normalized spacial score (nSPS) is 12.1. The number of benzene rings is 1. The molecule has 1 aromatic rings. The summed E-state index contributed by atoms with van der Waals surface area (Å²) in [6.07, 6.45) is 0. The van der Waals surface area contributed by atoms with E-state index in [0.29, 0.717) is 16.8 Å². The Morgan fingerprint density at radius 2 is 2.21 bits per heavy atom. The number of nitrogens with one attached hydrogen (secondary N) is 2. The summed E-state index contributed by atoms with van der Waals surface area (Å²) in [7, 11) is 1.58. The molecule has 0 aliphatic rings. The fraction of sp³-hybridized carbons (Fsp3) is 0.462. The number of aryl methyl sites for hydroxylation is 1. The predicted octanol–water partition coefficient (Wildman–Crippen LogP) is 2.46. The maximum Gasteiger partial charge on any atom is 0.239 e. The Morgan fingerprint density at radius 3 is 2.84 bits per heavy atom. The van der Waals surface area contributed by atoms with E-state index in [-0.39, 0.29) is 24.3 Å². The third kappa shape index (κ3) is 5.16. The highest BCUT2D eigenvalue weighted by Crippen LogP contribution is 2.23. The van der Waals surface area contributed by atoms with E-state index in [9.17, 15) is 9.18 Å². The minimum Gasteiger partial charge on any atom is -0.383 e. The van der Waals surface area contributed by atoms with Crippen molar-refractivity contribution in [2.45, 2.75) is 19.9 Å². The molecule has 0 spiro atoms. The van der Waals surface area contributed by atoms with E-state index >= 15 is 0 Å². The summed E-state index contributed by atoms with van der Waals surface area (Å²) in [5.41, 5.74) is 1.47. The number of methoxy groups -OCH3 is 1. The first kappa shape index (κ1) is 15.9. The molecule has 1 rings (SSSR count). The molecule has 106 valence electrons. The van der Waals surface area contributed by atoms with Gasteiger partial charge < -0.3 is 15.4 Å². The lowest BCUT2D eigenvalue weighted by atomic mass is 10.2. The molecule has 6 heteroatoms. The van der Waals surface area contributed by atoms with Crippen LogP contribution in [0.5, 0.6) is 0 Å². The van der Waals surface area contributed by atoms with Crippen LogP contribution in [0.3, 0.4) is 0 Å². The van der Waals surface area contributed by atoms with E-state index in [1.807, 2.05) is 13.8 Å². The highest BCUT2D eigenvalue weighted by atomic mass is 79.9. The highest BCUT2D eigenvalue weighted by molar-refractivity contribution is 9.10. The molecular weight excluding hydrogens is 315 g/mol. The molecule has 1 atom stereocenters. The molecule has 0 radical (unpaired) electrons. The number of carbonyl (C=O) groups excluding carboxylic acids is 1. The van der Waals surface area contributed by atoms with Crippen LogP contribution in [0, 0.1) is 12.7 Å². The van der Waals surface area contributed by atoms with Gasteiger partial charge in [-0.25, -0.2) is 4.39 Å². The van der Waals surface area contributed by atoms with Crippen LogP contribution in [-0.2, 0) is 9.53 Å². The summed E-state index contributed by atoms with van der Waals surface area (Å²) < 4.78 is 18.7. The fourth-order valence-corrected chi connectivity index (χ4v) is 2.09. The summed E-state index contributed by atoms with van der Waals surface area (Å²) in [6, 6.07) is 2.98. The number of ether oxygens (including phenoxy) is 1. The first-order valence-corrected chi connectivity index (χ1v) is 6.71. The monoisotopic (exact) mass is 332 g/mol. The smallest absolute Gasteiger partial charge is 0.239 e. The zero-order chi connectivity index (χ0) is 14.4. The summed E-state index contributed by atoms with van der Waals surface area (Å²) >= 11 is 3.11. The van der Waals surface area contributed by atoms with Crippen molar-refractivity contribution in [3.63, 3.8) is 0 Å². The van der Waals surface area contributed by atoms with E-state index < -0.39 is 0 Å². The number of hydrogen-bond acceptors (Lipinski definition) is 3. The lowest BCUT2D eigenvalue weighted by molar-refractivity contribution is -0.120. The molecule has 0 bridgehead atoms. The van der Waals surface area contributed by atoms with E-state index in [0.717, 1.165) is 5.56 Å². The van der Waals surface area contributed by atoms with Crippen molar-refractivity contribution in [2.24, 2.45) is 0 Å². The summed E-state index contributed by atoms with van der Waals surface area (Å²) in [5.74, 6) is -0.520. The Morgan fingerprint density at radius 1 is 1.53 bits per heavy atom. The molecule has 0 aliphatic carbocycles. The number of amides is 1. The number of hydrogen-bond donors (Lipinski definition) is 2. The number of carbonyl (C=O) groups is 1. The lowest BCUT2D eigenvalue weighted by Crippen LogP contribution is -2.39. The van der Waals surface area contributed by atoms with Gasteiger partial charge in [0.25, 0.3) is 0 Å². The van der Waals surface area contributed by atoms with Crippen molar-refractivity contribution in [2.75, 3.05) is 25.6 Å². The predicted molar refractivity (Wildman–Crippen MR) is 76.8 cm³/mol. The van der Waals surface area contributed by atoms with E-state index in [1.54, 1.807) is 13.2 Å². The van der Waals surface area contributed by atoms with Gasteiger partial charge in [-0.05, 0) is 47.5 Å². The molecule has 2 N–H and O–H groups in total. The Kier molecular flexibility index (Phi) is 6.24. The van der Waals surface area contributed by atoms with Crippen molar-refractivity contribution in [3.05, 3.63) is 28.0 Å². The average Bonchev–Trinajstić information content (AvgIpc) is 2.32. The van der Waals surface area contributed by atoms with Gasteiger partial charge in [-0.3, -0.25) is 4.79 Å². The summed E-state index contributed by atoms with van der Waals surface area (Å²) in [6.45, 7) is 4.25. The van der Waals surface area contributed by atoms with Gasteiger partial charge >= 0.3 is 0 Å². The minimum absolute atomic E-state index is 0.0537. The summed E-state index contributed by atoms with van der Waals surface area (Å²) in [5, 5.41) is 5.68. The first-order chi connectivity index (χ1) is 8.93. The standard InChI is InChI=1S/C13H18BrFN2O2/c1-8-4-10(14)11(15)5-12(8)16-6-13(18)17-9(2)7-19-3/h4-5,9,16H,6-7H2,1-3H3,(H,17,18). The van der Waals surface area contributed by atoms with Crippen LogP contribution in [0.1, 0.15) is 12.5 Å². The van der Waals surface area contributed by atoms with Crippen LogP contribution in [-0.4, -0.2) is 32.2 Å². The van der Waals surface area contributed by atoms with Crippen LogP contribution in [0.4, 0.5) is 10.1 Å². The van der Waals surface area contributed by atoms with Gasteiger partial charge in [0.15, 0.2) is 0 Å². The second-order valence-corrected chi connectivity index (χ2v) is 5.21. The molecule has 0 heterocycles. The molecule has 4 nitrogen and oxygen atoms in total. The van der Waals surface area contributed by atoms with E-state index in [2.05, 4.69) is 26.6 Å². The second kappa shape index (κ2) is 7.45. The second-order valence-electron chi connectivity index (χ2n) is 4.36. The molecule has 0 aromatic heterocycles. The van der Waals surface area contributed by atoms with Crippen LogP contribution in [0.2, 0.25) is 0 Å². The SMILES string of the molecule is COCC(C)NC(=O)CNc1cc(F)c(Br)cc1C. The third-order valence-electron chi connectivity index (χ3n) is 2.53. The van der Waals surface area contributed by atoms with Gasteiger partial charge in [0.05, 0.1) is 17.6 Å². The Bertz CT molecular complexity index is 455. The molecular formula is C13H18BrFN2O2.